The van der Waals surface area contributed by atoms with Gasteiger partial charge in [0.25, 0.3) is 5.91 Å². The SMILES string of the molecule is CC(=O)NCCN(c1cccc(C(=O)N2CCC(C#N)(c3ccccc3Cl)CC2)c1)c1ncnc2[nH]ccc12. The van der Waals surface area contributed by atoms with Crippen LogP contribution in [0.5, 0.6) is 0 Å². The normalized spacial score (nSPS) is 14.5. The van der Waals surface area contributed by atoms with Gasteiger partial charge in [0.15, 0.2) is 0 Å². The third-order valence-corrected chi connectivity index (χ3v) is 7.54. The van der Waals surface area contributed by atoms with Crippen molar-refractivity contribution in [2.75, 3.05) is 31.1 Å². The molecule has 0 saturated carbocycles. The number of aromatic nitrogens is 3. The van der Waals surface area contributed by atoms with Crippen LogP contribution in [0, 0.1) is 11.3 Å². The van der Waals surface area contributed by atoms with Gasteiger partial charge in [-0.1, -0.05) is 35.9 Å². The number of anilines is 2. The van der Waals surface area contributed by atoms with Crippen LogP contribution in [-0.4, -0.2) is 57.8 Å². The number of fused-ring (bicyclic) bond motifs is 1. The molecule has 0 bridgehead atoms. The number of aromatic amines is 1. The number of nitriles is 1. The molecule has 4 aromatic rings. The maximum absolute atomic E-state index is 13.6. The van der Waals surface area contributed by atoms with Gasteiger partial charge >= 0.3 is 0 Å². The first-order valence-electron chi connectivity index (χ1n) is 12.8. The molecule has 0 spiro atoms. The highest BCUT2D eigenvalue weighted by Gasteiger charge is 2.39. The number of likely N-dealkylation sites (tertiary alicyclic amines) is 1. The number of nitrogens with one attached hydrogen (secondary N) is 2. The van der Waals surface area contributed by atoms with Crippen LogP contribution in [0.4, 0.5) is 11.5 Å². The van der Waals surface area contributed by atoms with Crippen LogP contribution < -0.4 is 10.2 Å². The summed E-state index contributed by atoms with van der Waals surface area (Å²) in [5.41, 5.74) is 2.11. The molecule has 0 aliphatic carbocycles. The maximum atomic E-state index is 13.6. The minimum atomic E-state index is -0.716. The average Bonchev–Trinajstić information content (AvgIpc) is 3.45. The molecular formula is C29H28ClN7O2. The summed E-state index contributed by atoms with van der Waals surface area (Å²) in [6.45, 7) is 3.21. The van der Waals surface area contributed by atoms with Gasteiger partial charge < -0.3 is 20.1 Å². The first kappa shape index (κ1) is 26.2. The summed E-state index contributed by atoms with van der Waals surface area (Å²) < 4.78 is 0. The number of nitrogens with zero attached hydrogens (tertiary/aromatic N) is 5. The number of rotatable bonds is 7. The summed E-state index contributed by atoms with van der Waals surface area (Å²) >= 11 is 6.43. The van der Waals surface area contributed by atoms with E-state index in [0.717, 1.165) is 16.6 Å². The second-order valence-corrected chi connectivity index (χ2v) is 10.00. The van der Waals surface area contributed by atoms with E-state index in [1.807, 2.05) is 47.4 Å². The Kier molecular flexibility index (Phi) is 7.48. The first-order chi connectivity index (χ1) is 18.9. The van der Waals surface area contributed by atoms with Crippen LogP contribution in [0.1, 0.15) is 35.7 Å². The molecule has 10 heteroatoms. The van der Waals surface area contributed by atoms with Gasteiger partial charge in [-0.2, -0.15) is 5.26 Å². The van der Waals surface area contributed by atoms with Crippen LogP contribution in [0.2, 0.25) is 5.02 Å². The van der Waals surface area contributed by atoms with Crippen molar-refractivity contribution in [1.82, 2.24) is 25.2 Å². The molecule has 2 N–H and O–H groups in total. The molecule has 0 unspecified atom stereocenters. The zero-order valence-electron chi connectivity index (χ0n) is 21.5. The molecule has 1 fully saturated rings. The lowest BCUT2D eigenvalue weighted by Crippen LogP contribution is -2.44. The Hall–Kier alpha value is -4.42. The monoisotopic (exact) mass is 541 g/mol. The van der Waals surface area contributed by atoms with Gasteiger partial charge in [-0.15, -0.1) is 0 Å². The van der Waals surface area contributed by atoms with Crippen molar-refractivity contribution in [3.8, 4) is 6.07 Å². The molecule has 1 aliphatic heterocycles. The molecule has 2 aromatic heterocycles. The molecule has 2 aromatic carbocycles. The van der Waals surface area contributed by atoms with Crippen LogP contribution >= 0.6 is 11.6 Å². The number of halogens is 1. The molecule has 5 rings (SSSR count). The van der Waals surface area contributed by atoms with E-state index < -0.39 is 5.41 Å². The van der Waals surface area contributed by atoms with Crippen molar-refractivity contribution in [2.45, 2.75) is 25.2 Å². The summed E-state index contributed by atoms with van der Waals surface area (Å²) in [4.78, 5) is 40.8. The molecule has 0 atom stereocenters. The minimum Gasteiger partial charge on any atom is -0.355 e. The van der Waals surface area contributed by atoms with Gasteiger partial charge in [0.2, 0.25) is 5.91 Å². The number of benzene rings is 2. The average molecular weight is 542 g/mol. The maximum Gasteiger partial charge on any atom is 0.253 e. The lowest BCUT2D eigenvalue weighted by Gasteiger charge is -2.38. The molecule has 3 heterocycles. The standard InChI is InChI=1S/C29H28ClN7O2/c1-20(38)32-13-16-37(27-23-9-12-33-26(23)34-19-35-27)22-6-4-5-21(17-22)28(39)36-14-10-29(18-31,11-15-36)24-7-2-3-8-25(24)30/h2-9,12,17,19H,10-11,13-16H2,1H3,(H,32,38)(H,33,34,35). The minimum absolute atomic E-state index is 0.0983. The van der Waals surface area contributed by atoms with E-state index in [0.29, 0.717) is 61.1 Å². The predicted octanol–water partition coefficient (Wildman–Crippen LogP) is 4.58. The van der Waals surface area contributed by atoms with Crippen molar-refractivity contribution in [1.29, 1.82) is 5.26 Å². The van der Waals surface area contributed by atoms with Gasteiger partial charge in [0.1, 0.15) is 17.8 Å². The third kappa shape index (κ3) is 5.29. The zero-order chi connectivity index (χ0) is 27.4. The van der Waals surface area contributed by atoms with E-state index in [9.17, 15) is 14.9 Å². The lowest BCUT2D eigenvalue weighted by atomic mass is 9.74. The summed E-state index contributed by atoms with van der Waals surface area (Å²) in [6.07, 6.45) is 4.31. The third-order valence-electron chi connectivity index (χ3n) is 7.21. The fourth-order valence-corrected chi connectivity index (χ4v) is 5.46. The number of carbonyl (C=O) groups is 2. The smallest absolute Gasteiger partial charge is 0.253 e. The molecule has 1 saturated heterocycles. The van der Waals surface area contributed by atoms with Gasteiger partial charge in [0.05, 0.1) is 16.9 Å². The second kappa shape index (κ2) is 11.1. The van der Waals surface area contributed by atoms with E-state index >= 15 is 0 Å². The Morgan fingerprint density at radius 3 is 2.69 bits per heavy atom. The van der Waals surface area contributed by atoms with E-state index in [-0.39, 0.29) is 11.8 Å². The Morgan fingerprint density at radius 1 is 1.15 bits per heavy atom. The van der Waals surface area contributed by atoms with E-state index in [1.54, 1.807) is 23.2 Å². The molecular weight excluding hydrogens is 514 g/mol. The largest absolute Gasteiger partial charge is 0.355 e. The topological polar surface area (TPSA) is 118 Å². The molecule has 2 amide bonds. The zero-order valence-corrected chi connectivity index (χ0v) is 22.3. The summed E-state index contributed by atoms with van der Waals surface area (Å²) in [5.74, 6) is 0.454. The number of hydrogen-bond donors (Lipinski definition) is 2. The molecule has 1 aliphatic rings. The van der Waals surface area contributed by atoms with Crippen LogP contribution in [-0.2, 0) is 10.2 Å². The number of carbonyl (C=O) groups excluding carboxylic acids is 2. The highest BCUT2D eigenvalue weighted by Crippen LogP contribution is 2.39. The van der Waals surface area contributed by atoms with Crippen molar-refractivity contribution in [3.05, 3.63) is 83.3 Å². The van der Waals surface area contributed by atoms with Crippen molar-refractivity contribution < 1.29 is 9.59 Å². The number of amides is 2. The Labute approximate surface area is 231 Å². The fraction of sp³-hybridized carbons (Fsp3) is 0.276. The summed E-state index contributed by atoms with van der Waals surface area (Å²) in [5, 5.41) is 14.3. The molecule has 0 radical (unpaired) electrons. The first-order valence-corrected chi connectivity index (χ1v) is 13.2. The van der Waals surface area contributed by atoms with Crippen LogP contribution in [0.15, 0.2) is 67.1 Å². The second-order valence-electron chi connectivity index (χ2n) is 9.59. The van der Waals surface area contributed by atoms with E-state index in [4.69, 9.17) is 11.6 Å². The highest BCUT2D eigenvalue weighted by molar-refractivity contribution is 6.31. The number of piperidine rings is 1. The Balaban J connectivity index is 1.39. The van der Waals surface area contributed by atoms with Gasteiger partial charge in [0, 0.05) is 55.6 Å². The van der Waals surface area contributed by atoms with Crippen LogP contribution in [0.25, 0.3) is 11.0 Å². The molecule has 198 valence electrons. The predicted molar refractivity (Wildman–Crippen MR) is 150 cm³/mol. The lowest BCUT2D eigenvalue weighted by molar-refractivity contribution is -0.118. The number of H-pyrrole nitrogens is 1. The van der Waals surface area contributed by atoms with Gasteiger partial charge in [-0.25, -0.2) is 9.97 Å². The van der Waals surface area contributed by atoms with Gasteiger partial charge in [-0.3, -0.25) is 9.59 Å². The molecule has 9 nitrogen and oxygen atoms in total. The summed E-state index contributed by atoms with van der Waals surface area (Å²) in [6, 6.07) is 19.2. The molecule has 39 heavy (non-hydrogen) atoms. The Bertz CT molecular complexity index is 1550. The quantitative estimate of drug-likeness (QED) is 0.353. The Morgan fingerprint density at radius 2 is 1.95 bits per heavy atom. The van der Waals surface area contributed by atoms with Crippen molar-refractivity contribution >= 4 is 46.0 Å². The number of hydrogen-bond acceptors (Lipinski definition) is 6. The fourth-order valence-electron chi connectivity index (χ4n) is 5.15. The highest BCUT2D eigenvalue weighted by atomic mass is 35.5. The van der Waals surface area contributed by atoms with Gasteiger partial charge in [-0.05, 0) is 48.7 Å². The van der Waals surface area contributed by atoms with Crippen molar-refractivity contribution in [2.24, 2.45) is 0 Å². The summed E-state index contributed by atoms with van der Waals surface area (Å²) in [7, 11) is 0. The van der Waals surface area contributed by atoms with Crippen LogP contribution in [0.3, 0.4) is 0 Å². The van der Waals surface area contributed by atoms with E-state index in [2.05, 4.69) is 26.3 Å². The van der Waals surface area contributed by atoms with E-state index in [1.165, 1.54) is 13.3 Å². The van der Waals surface area contributed by atoms with Crippen molar-refractivity contribution in [3.63, 3.8) is 0 Å².